The Morgan fingerprint density at radius 3 is 2.19 bits per heavy atom. The van der Waals surface area contributed by atoms with Crippen LogP contribution in [0.15, 0.2) is 0 Å². The Balaban J connectivity index is 2.91. The molecule has 0 aromatic rings. The van der Waals surface area contributed by atoms with Crippen LogP contribution in [0.25, 0.3) is 0 Å². The van der Waals surface area contributed by atoms with Gasteiger partial charge in [0.2, 0.25) is 0 Å². The van der Waals surface area contributed by atoms with Gasteiger partial charge in [0.25, 0.3) is 0 Å². The molecule has 1 aliphatic carbocycles. The van der Waals surface area contributed by atoms with Crippen molar-refractivity contribution in [3.63, 3.8) is 0 Å². The highest BCUT2D eigenvalue weighted by atomic mass is 32.2. The minimum atomic E-state index is -3.41. The van der Waals surface area contributed by atoms with Crippen molar-refractivity contribution in [3.8, 4) is 0 Å². The van der Waals surface area contributed by atoms with Crippen molar-refractivity contribution in [1.82, 2.24) is 5.32 Å². The smallest absolute Gasteiger partial charge is 0.155 e. The molecule has 1 fully saturated rings. The monoisotopic (exact) mass is 339 g/mol. The van der Waals surface area contributed by atoms with Crippen LogP contribution < -0.4 is 5.32 Å². The fourth-order valence-corrected chi connectivity index (χ4v) is 7.31. The summed E-state index contributed by atoms with van der Waals surface area (Å²) >= 11 is 0. The second-order valence-corrected chi connectivity index (χ2v) is 11.1. The molecule has 1 rings (SSSR count). The van der Waals surface area contributed by atoms with E-state index < -0.39 is 24.9 Å². The van der Waals surface area contributed by atoms with E-state index in [4.69, 9.17) is 0 Å². The summed E-state index contributed by atoms with van der Waals surface area (Å²) in [5.41, 5.74) is 0. The maximum absolute atomic E-state index is 12.6. The third-order valence-electron chi connectivity index (χ3n) is 4.20. The standard InChI is InChI=1S/C14H29NO4S2/c1-5-6-15-13-10-11(2)9-12(3)14(13)21(18,19)8-7-20(4,16)17/h11-15H,5-10H2,1-4H3. The van der Waals surface area contributed by atoms with Gasteiger partial charge in [-0.2, -0.15) is 0 Å². The molecule has 0 saturated heterocycles. The van der Waals surface area contributed by atoms with Crippen molar-refractivity contribution in [2.45, 2.75) is 51.3 Å². The topological polar surface area (TPSA) is 80.3 Å². The molecule has 1 aliphatic rings. The molecule has 0 aromatic carbocycles. The molecule has 0 aliphatic heterocycles. The normalized spacial score (nSPS) is 31.2. The molecule has 4 unspecified atom stereocenters. The van der Waals surface area contributed by atoms with Crippen LogP contribution in [-0.4, -0.2) is 52.4 Å². The van der Waals surface area contributed by atoms with Gasteiger partial charge in [0.05, 0.1) is 16.8 Å². The zero-order valence-corrected chi connectivity index (χ0v) is 15.1. The third-order valence-corrected chi connectivity index (χ3v) is 7.80. The summed E-state index contributed by atoms with van der Waals surface area (Å²) in [4.78, 5) is 0. The van der Waals surface area contributed by atoms with Crippen LogP contribution >= 0.6 is 0 Å². The lowest BCUT2D eigenvalue weighted by Gasteiger charge is -2.39. The highest BCUT2D eigenvalue weighted by Crippen LogP contribution is 2.33. The molecule has 21 heavy (non-hydrogen) atoms. The zero-order valence-electron chi connectivity index (χ0n) is 13.5. The average molecular weight is 340 g/mol. The van der Waals surface area contributed by atoms with Gasteiger partial charge in [-0.3, -0.25) is 0 Å². The predicted molar refractivity (Wildman–Crippen MR) is 86.9 cm³/mol. The van der Waals surface area contributed by atoms with Crippen LogP contribution in [-0.2, 0) is 19.7 Å². The Labute approximate surface area is 129 Å². The number of hydrogen-bond donors (Lipinski definition) is 1. The first-order valence-corrected chi connectivity index (χ1v) is 11.5. The van der Waals surface area contributed by atoms with Gasteiger partial charge in [0.1, 0.15) is 9.84 Å². The van der Waals surface area contributed by atoms with Crippen LogP contribution in [0.2, 0.25) is 0 Å². The minimum absolute atomic E-state index is 0.0618. The number of hydrogen-bond acceptors (Lipinski definition) is 5. The fourth-order valence-electron chi connectivity index (χ4n) is 3.37. The van der Waals surface area contributed by atoms with Crippen molar-refractivity contribution in [1.29, 1.82) is 0 Å². The minimum Gasteiger partial charge on any atom is -0.313 e. The van der Waals surface area contributed by atoms with Crippen LogP contribution in [0.1, 0.15) is 40.0 Å². The van der Waals surface area contributed by atoms with Gasteiger partial charge in [-0.15, -0.1) is 0 Å². The molecule has 0 heterocycles. The highest BCUT2D eigenvalue weighted by molar-refractivity contribution is 7.95. The first-order valence-electron chi connectivity index (χ1n) is 7.69. The molecule has 0 spiro atoms. The Morgan fingerprint density at radius 2 is 1.67 bits per heavy atom. The van der Waals surface area contributed by atoms with Gasteiger partial charge in [-0.1, -0.05) is 20.8 Å². The largest absolute Gasteiger partial charge is 0.313 e. The van der Waals surface area contributed by atoms with Crippen molar-refractivity contribution in [2.24, 2.45) is 11.8 Å². The van der Waals surface area contributed by atoms with Crippen LogP contribution in [0.4, 0.5) is 0 Å². The van der Waals surface area contributed by atoms with E-state index in [1.807, 2.05) is 6.92 Å². The molecular weight excluding hydrogens is 310 g/mol. The van der Waals surface area contributed by atoms with E-state index in [9.17, 15) is 16.8 Å². The lowest BCUT2D eigenvalue weighted by molar-refractivity contribution is 0.242. The lowest BCUT2D eigenvalue weighted by Crippen LogP contribution is -2.52. The Hall–Kier alpha value is -0.140. The molecule has 0 amide bonds. The molecule has 5 nitrogen and oxygen atoms in total. The zero-order chi connectivity index (χ0) is 16.3. The van der Waals surface area contributed by atoms with Crippen molar-refractivity contribution < 1.29 is 16.8 Å². The third kappa shape index (κ3) is 5.87. The quantitative estimate of drug-likeness (QED) is 0.755. The summed E-state index contributed by atoms with van der Waals surface area (Å²) in [6.45, 7) is 6.97. The van der Waals surface area contributed by atoms with Crippen molar-refractivity contribution in [3.05, 3.63) is 0 Å². The predicted octanol–water partition coefficient (Wildman–Crippen LogP) is 1.25. The van der Waals surface area contributed by atoms with Crippen molar-refractivity contribution in [2.75, 3.05) is 24.3 Å². The SMILES string of the molecule is CCCNC1CC(C)CC(C)C1S(=O)(=O)CCS(C)(=O)=O. The maximum Gasteiger partial charge on any atom is 0.155 e. The second-order valence-electron chi connectivity index (χ2n) is 6.58. The Morgan fingerprint density at radius 1 is 1.05 bits per heavy atom. The van der Waals surface area contributed by atoms with Crippen LogP contribution in [0.3, 0.4) is 0 Å². The first kappa shape index (κ1) is 18.9. The summed E-state index contributed by atoms with van der Waals surface area (Å²) < 4.78 is 47.8. The number of nitrogens with one attached hydrogen (secondary N) is 1. The number of rotatable bonds is 7. The summed E-state index contributed by atoms with van der Waals surface area (Å²) in [6, 6.07) is -0.0618. The molecular formula is C14H29NO4S2. The summed E-state index contributed by atoms with van der Waals surface area (Å²) in [6.07, 6.45) is 3.76. The second kappa shape index (κ2) is 7.42. The van der Waals surface area contributed by atoms with E-state index in [0.29, 0.717) is 5.92 Å². The van der Waals surface area contributed by atoms with E-state index in [0.717, 1.165) is 32.1 Å². The average Bonchev–Trinajstić information content (AvgIpc) is 2.32. The van der Waals surface area contributed by atoms with Gasteiger partial charge < -0.3 is 5.32 Å². The van der Waals surface area contributed by atoms with Gasteiger partial charge in [-0.05, 0) is 37.6 Å². The van der Waals surface area contributed by atoms with Crippen molar-refractivity contribution >= 4 is 19.7 Å². The maximum atomic E-state index is 12.6. The van der Waals surface area contributed by atoms with E-state index in [-0.39, 0.29) is 23.5 Å². The first-order chi connectivity index (χ1) is 9.57. The number of sulfone groups is 2. The Kier molecular flexibility index (Phi) is 6.68. The van der Waals surface area contributed by atoms with E-state index in [1.165, 1.54) is 0 Å². The molecule has 0 aromatic heterocycles. The molecule has 7 heteroatoms. The summed E-state index contributed by atoms with van der Waals surface area (Å²) in [5.74, 6) is 0.0112. The van der Waals surface area contributed by atoms with E-state index in [2.05, 4.69) is 19.2 Å². The molecule has 0 bridgehead atoms. The fraction of sp³-hybridized carbons (Fsp3) is 1.00. The summed E-state index contributed by atoms with van der Waals surface area (Å²) in [7, 11) is -6.67. The van der Waals surface area contributed by atoms with Gasteiger partial charge in [0.15, 0.2) is 9.84 Å². The lowest BCUT2D eigenvalue weighted by atomic mass is 9.80. The molecule has 1 N–H and O–H groups in total. The highest BCUT2D eigenvalue weighted by Gasteiger charge is 2.41. The molecule has 4 atom stereocenters. The van der Waals surface area contributed by atoms with Gasteiger partial charge in [-0.25, -0.2) is 16.8 Å². The molecule has 1 saturated carbocycles. The summed E-state index contributed by atoms with van der Waals surface area (Å²) in [5, 5.41) is 2.89. The molecule has 0 radical (unpaired) electrons. The van der Waals surface area contributed by atoms with Crippen LogP contribution in [0.5, 0.6) is 0 Å². The van der Waals surface area contributed by atoms with Crippen LogP contribution in [0, 0.1) is 11.8 Å². The van der Waals surface area contributed by atoms with Gasteiger partial charge >= 0.3 is 0 Å². The van der Waals surface area contributed by atoms with Gasteiger partial charge in [0, 0.05) is 12.3 Å². The van der Waals surface area contributed by atoms with E-state index >= 15 is 0 Å². The van der Waals surface area contributed by atoms with E-state index in [1.54, 1.807) is 0 Å². The Bertz CT molecular complexity index is 527. The molecule has 126 valence electrons.